The molecule has 0 amide bonds. The van der Waals surface area contributed by atoms with Crippen molar-refractivity contribution in [1.29, 1.82) is 0 Å². The molecule has 4 aromatic rings. The van der Waals surface area contributed by atoms with E-state index >= 15 is 0 Å². The molecule has 0 atom stereocenters. The first-order chi connectivity index (χ1) is 14.2. The van der Waals surface area contributed by atoms with Crippen molar-refractivity contribution in [3.63, 3.8) is 0 Å². The average Bonchev–Trinajstić information content (AvgIpc) is 3.39. The summed E-state index contributed by atoms with van der Waals surface area (Å²) < 4.78 is 4.96. The molecule has 0 N–H and O–H groups in total. The zero-order chi connectivity index (χ0) is 20.2. The highest BCUT2D eigenvalue weighted by Crippen LogP contribution is 2.24. The fourth-order valence-electron chi connectivity index (χ4n) is 2.98. The molecular weight excluding hydrogens is 446 g/mol. The number of aromatic nitrogens is 3. The van der Waals surface area contributed by atoms with Gasteiger partial charge in [0.15, 0.2) is 0 Å². The Balaban J connectivity index is 1.75. The zero-order valence-electron chi connectivity index (χ0n) is 16.2. The first-order valence-corrected chi connectivity index (χ1v) is 10.9. The Morgan fingerprint density at radius 3 is 2.69 bits per heavy atom. The van der Waals surface area contributed by atoms with Crippen molar-refractivity contribution in [3.05, 3.63) is 87.5 Å². The van der Waals surface area contributed by atoms with Gasteiger partial charge >= 0.3 is 0 Å². The molecule has 2 heterocycles. The number of hydrogen-bond acceptors (Lipinski definition) is 4. The molecule has 0 saturated heterocycles. The van der Waals surface area contributed by atoms with E-state index in [4.69, 9.17) is 5.10 Å². The maximum atomic E-state index is 4.92. The van der Waals surface area contributed by atoms with Gasteiger partial charge in [-0.2, -0.15) is 5.10 Å². The largest absolute Gasteiger partial charge is 0.306 e. The Hall–Kier alpha value is -2.77. The molecule has 0 aliphatic heterocycles. The highest BCUT2D eigenvalue weighted by molar-refractivity contribution is 9.10. The van der Waals surface area contributed by atoms with Gasteiger partial charge in [-0.15, -0.1) is 11.3 Å². The van der Waals surface area contributed by atoms with Gasteiger partial charge < -0.3 is 4.57 Å². The Kier molecular flexibility index (Phi) is 5.87. The third-order valence-electron chi connectivity index (χ3n) is 4.44. The summed E-state index contributed by atoms with van der Waals surface area (Å²) in [6.45, 7) is 4.78. The predicted octanol–water partition coefficient (Wildman–Crippen LogP) is 5.36. The number of thiazole rings is 1. The SMILES string of the molecule is CCN=c1scc(-c2cccc(Br)c2)n1N=C(C)c1ccc(-n2ccnc2)cc1. The van der Waals surface area contributed by atoms with Crippen molar-refractivity contribution in [2.75, 3.05) is 6.54 Å². The summed E-state index contributed by atoms with van der Waals surface area (Å²) in [5.41, 5.74) is 5.18. The second-order valence-electron chi connectivity index (χ2n) is 6.40. The molecule has 0 radical (unpaired) electrons. The summed E-state index contributed by atoms with van der Waals surface area (Å²) in [5.74, 6) is 0. The molecule has 7 heteroatoms. The molecule has 2 aromatic heterocycles. The predicted molar refractivity (Wildman–Crippen MR) is 123 cm³/mol. The molecule has 29 heavy (non-hydrogen) atoms. The summed E-state index contributed by atoms with van der Waals surface area (Å²) >= 11 is 5.16. The van der Waals surface area contributed by atoms with Gasteiger partial charge in [-0.25, -0.2) is 9.66 Å². The Labute approximate surface area is 181 Å². The van der Waals surface area contributed by atoms with E-state index in [1.54, 1.807) is 23.9 Å². The number of hydrogen-bond donors (Lipinski definition) is 0. The molecule has 0 aliphatic carbocycles. The number of halogens is 1. The molecule has 4 rings (SSSR count). The number of nitrogens with zero attached hydrogens (tertiary/aromatic N) is 5. The fraction of sp³-hybridized carbons (Fsp3) is 0.136. The Bertz CT molecular complexity index is 1200. The van der Waals surface area contributed by atoms with E-state index in [-0.39, 0.29) is 0 Å². The highest BCUT2D eigenvalue weighted by atomic mass is 79.9. The summed E-state index contributed by atoms with van der Waals surface area (Å²) in [6.07, 6.45) is 5.50. The lowest BCUT2D eigenvalue weighted by Crippen LogP contribution is -2.14. The molecule has 5 nitrogen and oxygen atoms in total. The summed E-state index contributed by atoms with van der Waals surface area (Å²) in [5, 5.41) is 7.03. The van der Waals surface area contributed by atoms with Crippen molar-refractivity contribution in [1.82, 2.24) is 14.2 Å². The van der Waals surface area contributed by atoms with Crippen LogP contribution < -0.4 is 4.80 Å². The quantitative estimate of drug-likeness (QED) is 0.366. The van der Waals surface area contributed by atoms with Gasteiger partial charge in [0.2, 0.25) is 4.80 Å². The van der Waals surface area contributed by atoms with E-state index in [0.717, 1.165) is 37.5 Å². The van der Waals surface area contributed by atoms with Crippen LogP contribution >= 0.6 is 27.3 Å². The zero-order valence-corrected chi connectivity index (χ0v) is 18.6. The Morgan fingerprint density at radius 1 is 1.17 bits per heavy atom. The molecule has 0 aliphatic rings. The van der Waals surface area contributed by atoms with E-state index in [2.05, 4.69) is 67.7 Å². The standard InChI is InChI=1S/C22H20BrN5S/c1-3-25-22-28(21(14-29-22)18-5-4-6-19(23)13-18)26-16(2)17-7-9-20(10-8-17)27-12-11-24-15-27/h4-15H,3H2,1-2H3. The number of rotatable bonds is 5. The lowest BCUT2D eigenvalue weighted by molar-refractivity contribution is 0.827. The van der Waals surface area contributed by atoms with Crippen LogP contribution in [0.2, 0.25) is 0 Å². The van der Waals surface area contributed by atoms with Crippen LogP contribution in [0.25, 0.3) is 16.9 Å². The average molecular weight is 466 g/mol. The van der Waals surface area contributed by atoms with E-state index in [0.29, 0.717) is 6.54 Å². The van der Waals surface area contributed by atoms with Crippen LogP contribution in [0.15, 0.2) is 87.2 Å². The number of imidazole rings is 1. The van der Waals surface area contributed by atoms with Crippen LogP contribution in [0.4, 0.5) is 0 Å². The molecule has 146 valence electrons. The van der Waals surface area contributed by atoms with Crippen LogP contribution in [0.1, 0.15) is 19.4 Å². The van der Waals surface area contributed by atoms with Gasteiger partial charge in [0.05, 0.1) is 17.7 Å². The fourth-order valence-corrected chi connectivity index (χ4v) is 4.27. The van der Waals surface area contributed by atoms with Crippen molar-refractivity contribution < 1.29 is 0 Å². The van der Waals surface area contributed by atoms with Crippen molar-refractivity contribution in [2.24, 2.45) is 10.1 Å². The van der Waals surface area contributed by atoms with Crippen LogP contribution in [-0.4, -0.2) is 26.5 Å². The topological polar surface area (TPSA) is 47.5 Å². The smallest absolute Gasteiger partial charge is 0.206 e. The molecule has 0 spiro atoms. The Morgan fingerprint density at radius 2 is 2.00 bits per heavy atom. The van der Waals surface area contributed by atoms with Gasteiger partial charge in [-0.1, -0.05) is 40.2 Å². The third kappa shape index (κ3) is 4.31. The molecule has 0 saturated carbocycles. The van der Waals surface area contributed by atoms with Crippen LogP contribution in [-0.2, 0) is 0 Å². The van der Waals surface area contributed by atoms with Gasteiger partial charge in [-0.3, -0.25) is 4.99 Å². The summed E-state index contributed by atoms with van der Waals surface area (Å²) in [6, 6.07) is 16.5. The van der Waals surface area contributed by atoms with E-state index in [1.165, 1.54) is 0 Å². The van der Waals surface area contributed by atoms with Crippen LogP contribution in [0.3, 0.4) is 0 Å². The minimum absolute atomic E-state index is 0.715. The van der Waals surface area contributed by atoms with Crippen LogP contribution in [0.5, 0.6) is 0 Å². The molecular formula is C22H20BrN5S. The van der Waals surface area contributed by atoms with Crippen LogP contribution in [0, 0.1) is 0 Å². The minimum atomic E-state index is 0.715. The maximum Gasteiger partial charge on any atom is 0.206 e. The van der Waals surface area contributed by atoms with Gasteiger partial charge in [0.25, 0.3) is 0 Å². The summed E-state index contributed by atoms with van der Waals surface area (Å²) in [4.78, 5) is 9.61. The van der Waals surface area contributed by atoms with Crippen molar-refractivity contribution in [2.45, 2.75) is 13.8 Å². The number of benzene rings is 2. The van der Waals surface area contributed by atoms with E-state index in [1.807, 2.05) is 41.4 Å². The second kappa shape index (κ2) is 8.71. The molecule has 0 unspecified atom stereocenters. The highest BCUT2D eigenvalue weighted by Gasteiger charge is 2.09. The monoisotopic (exact) mass is 465 g/mol. The molecule has 0 bridgehead atoms. The minimum Gasteiger partial charge on any atom is -0.306 e. The first-order valence-electron chi connectivity index (χ1n) is 9.27. The molecule has 0 fully saturated rings. The maximum absolute atomic E-state index is 4.92. The molecule has 2 aromatic carbocycles. The van der Waals surface area contributed by atoms with Crippen molar-refractivity contribution >= 4 is 33.0 Å². The normalized spacial score (nSPS) is 12.5. The van der Waals surface area contributed by atoms with Gasteiger partial charge in [-0.05, 0) is 43.7 Å². The summed E-state index contributed by atoms with van der Waals surface area (Å²) in [7, 11) is 0. The van der Waals surface area contributed by atoms with E-state index in [9.17, 15) is 0 Å². The lowest BCUT2D eigenvalue weighted by Gasteiger charge is -2.08. The van der Waals surface area contributed by atoms with Gasteiger partial charge in [0, 0.05) is 40.0 Å². The van der Waals surface area contributed by atoms with Crippen molar-refractivity contribution in [3.8, 4) is 16.9 Å². The third-order valence-corrected chi connectivity index (χ3v) is 5.78. The first kappa shape index (κ1) is 19.5. The lowest BCUT2D eigenvalue weighted by atomic mass is 10.1. The van der Waals surface area contributed by atoms with E-state index < -0.39 is 0 Å². The van der Waals surface area contributed by atoms with Gasteiger partial charge in [0.1, 0.15) is 0 Å². The second-order valence-corrected chi connectivity index (χ2v) is 8.15.